The Balaban J connectivity index is 0.000000287. The lowest BCUT2D eigenvalue weighted by molar-refractivity contribution is 0.0926. The molecule has 0 radical (unpaired) electrons. The highest BCUT2D eigenvalue weighted by atomic mass is 32.2. The van der Waals surface area contributed by atoms with Crippen molar-refractivity contribution in [3.05, 3.63) is 66.0 Å². The highest BCUT2D eigenvalue weighted by molar-refractivity contribution is 7.86. The SMILES string of the molecule is Cc1ccccc1.O=C(c1cccnc1)N([SH](=O)=O)[SH](=O)=O. The van der Waals surface area contributed by atoms with E-state index in [4.69, 9.17) is 0 Å². The van der Waals surface area contributed by atoms with Crippen molar-refractivity contribution in [3.8, 4) is 0 Å². The molecule has 118 valence electrons. The summed E-state index contributed by atoms with van der Waals surface area (Å²) in [6, 6.07) is 12.9. The number of thiol groups is 2. The minimum absolute atomic E-state index is 0.115. The van der Waals surface area contributed by atoms with Crippen molar-refractivity contribution >= 4 is 27.7 Å². The lowest BCUT2D eigenvalue weighted by Gasteiger charge is -2.06. The Bertz CT molecular complexity index is 721. The van der Waals surface area contributed by atoms with Crippen LogP contribution in [0.5, 0.6) is 0 Å². The van der Waals surface area contributed by atoms with Gasteiger partial charge in [-0.15, -0.1) is 3.71 Å². The number of carbonyl (C=O) groups excluding carboxylic acids is 1. The molecule has 1 aromatic heterocycles. The molecule has 0 unspecified atom stereocenters. The van der Waals surface area contributed by atoms with Gasteiger partial charge >= 0.3 is 0 Å². The van der Waals surface area contributed by atoms with E-state index in [0.29, 0.717) is 0 Å². The number of nitrogens with zero attached hydrogens (tertiary/aromatic N) is 2. The predicted molar refractivity (Wildman–Crippen MR) is 82.2 cm³/mol. The van der Waals surface area contributed by atoms with E-state index in [2.05, 4.69) is 24.0 Å². The molecule has 0 aliphatic rings. The van der Waals surface area contributed by atoms with E-state index < -0.39 is 27.7 Å². The van der Waals surface area contributed by atoms with E-state index in [9.17, 15) is 21.6 Å². The van der Waals surface area contributed by atoms with Crippen LogP contribution in [0.3, 0.4) is 0 Å². The lowest BCUT2D eigenvalue weighted by atomic mass is 10.2. The zero-order valence-corrected chi connectivity index (χ0v) is 13.3. The Kier molecular flexibility index (Phi) is 7.20. The summed E-state index contributed by atoms with van der Waals surface area (Å²) in [5.41, 5.74) is 1.21. The van der Waals surface area contributed by atoms with Crippen LogP contribution in [-0.2, 0) is 21.8 Å². The van der Waals surface area contributed by atoms with Gasteiger partial charge in [-0.1, -0.05) is 35.9 Å². The largest absolute Gasteiger partial charge is 0.282 e. The van der Waals surface area contributed by atoms with Crippen LogP contribution >= 0.6 is 0 Å². The van der Waals surface area contributed by atoms with E-state index >= 15 is 0 Å². The van der Waals surface area contributed by atoms with Gasteiger partial charge in [-0.3, -0.25) is 9.78 Å². The Hall–Kier alpha value is -2.26. The zero-order valence-electron chi connectivity index (χ0n) is 11.5. The topological polar surface area (TPSA) is 101 Å². The number of rotatable bonds is 3. The molecule has 0 aliphatic carbocycles. The number of carbonyl (C=O) groups is 1. The fourth-order valence-electron chi connectivity index (χ4n) is 1.35. The maximum absolute atomic E-state index is 11.3. The van der Waals surface area contributed by atoms with Gasteiger partial charge in [-0.05, 0) is 19.1 Å². The van der Waals surface area contributed by atoms with Gasteiger partial charge in [-0.25, -0.2) is 16.8 Å². The van der Waals surface area contributed by atoms with Gasteiger partial charge in [0.15, 0.2) is 0 Å². The molecule has 0 saturated heterocycles. The molecule has 0 N–H and O–H groups in total. The summed E-state index contributed by atoms with van der Waals surface area (Å²) in [6.45, 7) is 2.08. The normalized spacial score (nSPS) is 9.95. The first kappa shape index (κ1) is 17.8. The van der Waals surface area contributed by atoms with Crippen molar-refractivity contribution in [2.24, 2.45) is 0 Å². The molecule has 9 heteroatoms. The van der Waals surface area contributed by atoms with E-state index in [1.807, 2.05) is 18.2 Å². The first-order valence-corrected chi connectivity index (χ1v) is 8.24. The molecule has 22 heavy (non-hydrogen) atoms. The van der Waals surface area contributed by atoms with E-state index in [1.54, 1.807) is 0 Å². The molecule has 0 bridgehead atoms. The molecule has 1 amide bonds. The molecular formula is C13H14N2O5S2. The predicted octanol–water partition coefficient (Wildman–Crippen LogP) is 0.572. The quantitative estimate of drug-likeness (QED) is 0.791. The first-order valence-electron chi connectivity index (χ1n) is 5.98. The van der Waals surface area contributed by atoms with Gasteiger partial charge in [0.05, 0.1) is 5.56 Å². The fraction of sp³-hybridized carbons (Fsp3) is 0.0769. The van der Waals surface area contributed by atoms with Gasteiger partial charge in [0.2, 0.25) is 21.8 Å². The molecule has 7 nitrogen and oxygen atoms in total. The van der Waals surface area contributed by atoms with Crippen LogP contribution in [-0.4, -0.2) is 31.4 Å². The van der Waals surface area contributed by atoms with Gasteiger partial charge in [-0.2, -0.15) is 0 Å². The fourth-order valence-corrected chi connectivity index (χ4v) is 2.35. The van der Waals surface area contributed by atoms with Crippen molar-refractivity contribution in [1.82, 2.24) is 8.69 Å². The Morgan fingerprint density at radius 3 is 1.91 bits per heavy atom. The molecule has 2 aromatic rings. The van der Waals surface area contributed by atoms with Crippen LogP contribution in [0.15, 0.2) is 54.9 Å². The minimum Gasteiger partial charge on any atom is -0.267 e. The molecule has 0 atom stereocenters. The third-order valence-electron chi connectivity index (χ3n) is 2.34. The summed E-state index contributed by atoms with van der Waals surface area (Å²) in [7, 11) is -7.01. The number of amides is 1. The smallest absolute Gasteiger partial charge is 0.267 e. The third-order valence-corrected chi connectivity index (χ3v) is 4.20. The van der Waals surface area contributed by atoms with Crippen LogP contribution in [0, 0.1) is 6.92 Å². The van der Waals surface area contributed by atoms with Crippen LogP contribution in [0.4, 0.5) is 0 Å². The van der Waals surface area contributed by atoms with Gasteiger partial charge in [0.25, 0.3) is 5.91 Å². The van der Waals surface area contributed by atoms with Crippen molar-refractivity contribution in [2.75, 3.05) is 0 Å². The van der Waals surface area contributed by atoms with E-state index in [-0.39, 0.29) is 9.27 Å². The van der Waals surface area contributed by atoms with Crippen molar-refractivity contribution in [1.29, 1.82) is 0 Å². The molecule has 1 aromatic carbocycles. The summed E-state index contributed by atoms with van der Waals surface area (Å²) in [6.07, 6.45) is 2.45. The van der Waals surface area contributed by atoms with Crippen LogP contribution in [0.1, 0.15) is 15.9 Å². The zero-order chi connectivity index (χ0) is 16.5. The molecule has 0 saturated carbocycles. The number of benzene rings is 1. The molecule has 0 spiro atoms. The second-order valence-corrected chi connectivity index (χ2v) is 6.03. The second-order valence-electron chi connectivity index (χ2n) is 3.97. The maximum Gasteiger partial charge on any atom is 0.282 e. The highest BCUT2D eigenvalue weighted by Gasteiger charge is 2.20. The van der Waals surface area contributed by atoms with Crippen LogP contribution in [0.2, 0.25) is 0 Å². The summed E-state index contributed by atoms with van der Waals surface area (Å²) in [5, 5.41) is 0. The van der Waals surface area contributed by atoms with Gasteiger partial charge in [0, 0.05) is 12.4 Å². The molecular weight excluding hydrogens is 328 g/mol. The highest BCUT2D eigenvalue weighted by Crippen LogP contribution is 2.03. The minimum atomic E-state index is -3.51. The maximum atomic E-state index is 11.3. The monoisotopic (exact) mass is 342 g/mol. The van der Waals surface area contributed by atoms with E-state index in [0.717, 1.165) is 6.20 Å². The summed E-state index contributed by atoms with van der Waals surface area (Å²) in [5.74, 6) is -1.14. The number of aryl methyl sites for hydroxylation is 1. The molecule has 1 heterocycles. The number of aromatic nitrogens is 1. The standard InChI is InChI=1S/C7H8.C6H6N2O5S2/c1-7-5-3-2-4-6-7;9-6(5-2-1-3-7-4-5)8(14(10)11)15(12)13/h2-6H,1H3;1-4,14-15H. The Labute approximate surface area is 131 Å². The second kappa shape index (κ2) is 8.90. The van der Waals surface area contributed by atoms with Crippen molar-refractivity contribution in [3.63, 3.8) is 0 Å². The molecule has 0 fully saturated rings. The summed E-state index contributed by atoms with van der Waals surface area (Å²) >= 11 is 0. The number of pyridine rings is 1. The van der Waals surface area contributed by atoms with Gasteiger partial charge in [0.1, 0.15) is 0 Å². The Morgan fingerprint density at radius 1 is 0.955 bits per heavy atom. The number of hydrogen-bond donors (Lipinski definition) is 2. The average molecular weight is 342 g/mol. The van der Waals surface area contributed by atoms with Crippen LogP contribution in [0.25, 0.3) is 0 Å². The third kappa shape index (κ3) is 5.62. The van der Waals surface area contributed by atoms with Crippen molar-refractivity contribution in [2.45, 2.75) is 6.92 Å². The Morgan fingerprint density at radius 2 is 1.55 bits per heavy atom. The average Bonchev–Trinajstić information content (AvgIpc) is 2.49. The molecule has 2 rings (SSSR count). The van der Waals surface area contributed by atoms with E-state index in [1.165, 1.54) is 23.9 Å². The molecule has 0 aliphatic heterocycles. The summed E-state index contributed by atoms with van der Waals surface area (Å²) < 4.78 is 41.7. The van der Waals surface area contributed by atoms with Crippen LogP contribution < -0.4 is 0 Å². The summed E-state index contributed by atoms with van der Waals surface area (Å²) in [4.78, 5) is 14.9. The van der Waals surface area contributed by atoms with Gasteiger partial charge < -0.3 is 0 Å². The first-order chi connectivity index (χ1) is 10.4. The lowest BCUT2D eigenvalue weighted by Crippen LogP contribution is -2.28. The van der Waals surface area contributed by atoms with Crippen molar-refractivity contribution < 1.29 is 21.6 Å². The number of hydrogen-bond acceptors (Lipinski definition) is 6.